The number of aromatic amines is 1. The first-order valence-corrected chi connectivity index (χ1v) is 14.0. The third kappa shape index (κ3) is 7.42. The number of anilines is 1. The summed E-state index contributed by atoms with van der Waals surface area (Å²) in [6.07, 6.45) is 9.30. The number of hydrogen-bond acceptors (Lipinski definition) is 5. The Bertz CT molecular complexity index is 1540. The molecule has 12 heteroatoms. The van der Waals surface area contributed by atoms with E-state index in [1.807, 2.05) is 0 Å². The van der Waals surface area contributed by atoms with Crippen LogP contribution in [0.4, 0.5) is 14.9 Å². The topological polar surface area (TPSA) is 141 Å². The van der Waals surface area contributed by atoms with Crippen molar-refractivity contribution in [3.05, 3.63) is 70.2 Å². The van der Waals surface area contributed by atoms with Crippen LogP contribution >= 0.6 is 0 Å². The number of hydrogen-bond donors (Lipinski definition) is 3. The number of carbonyl (C=O) groups is 3. The molecule has 1 atom stereocenters. The van der Waals surface area contributed by atoms with Crippen LogP contribution in [0.25, 0.3) is 11.0 Å². The molecule has 1 fully saturated rings. The van der Waals surface area contributed by atoms with Crippen LogP contribution in [0.3, 0.4) is 0 Å². The van der Waals surface area contributed by atoms with Crippen molar-refractivity contribution in [2.45, 2.75) is 45.1 Å². The standard InChI is InChI=1S/C30H37FN6O5/c1-35(2)26(38)12-5-4-10-20(17-36(3)30(41)42)28(39)34-24-11-7-13-37(29(24)40)18-21-15-25-27(33-21)22(23(31)16-32-25)14-19-8-6-9-19/h5,7,11-13,15-16,19-20,33H,4,6,8-10,14,17-18H2,1-3H3,(H,34,39)(H,41,42)/b12-5+/t20-/m0/s1. The molecular weight excluding hydrogens is 543 g/mol. The van der Waals surface area contributed by atoms with Gasteiger partial charge in [-0.1, -0.05) is 25.3 Å². The van der Waals surface area contributed by atoms with Crippen LogP contribution in [0.1, 0.15) is 43.4 Å². The Kier molecular flexibility index (Phi) is 9.76. The molecule has 3 amide bonds. The lowest BCUT2D eigenvalue weighted by atomic mass is 9.81. The molecule has 3 aromatic rings. The van der Waals surface area contributed by atoms with Crippen LogP contribution in [0.5, 0.6) is 0 Å². The zero-order valence-electron chi connectivity index (χ0n) is 24.1. The normalized spacial score (nSPS) is 14.1. The summed E-state index contributed by atoms with van der Waals surface area (Å²) in [6, 6.07) is 4.92. The average molecular weight is 581 g/mol. The number of aromatic nitrogens is 3. The van der Waals surface area contributed by atoms with Gasteiger partial charge in [0, 0.05) is 45.1 Å². The van der Waals surface area contributed by atoms with Gasteiger partial charge < -0.3 is 29.8 Å². The predicted octanol–water partition coefficient (Wildman–Crippen LogP) is 3.84. The minimum absolute atomic E-state index is 0.0507. The second-order valence-corrected chi connectivity index (χ2v) is 11.1. The number of halogens is 1. The van der Waals surface area contributed by atoms with E-state index in [1.54, 1.807) is 38.5 Å². The van der Waals surface area contributed by atoms with Crippen LogP contribution < -0.4 is 10.9 Å². The van der Waals surface area contributed by atoms with Crippen molar-refractivity contribution < 1.29 is 23.9 Å². The summed E-state index contributed by atoms with van der Waals surface area (Å²) >= 11 is 0. The highest BCUT2D eigenvalue weighted by Gasteiger charge is 2.24. The Morgan fingerprint density at radius 1 is 1.29 bits per heavy atom. The second kappa shape index (κ2) is 13.5. The molecule has 3 N–H and O–H groups in total. The van der Waals surface area contributed by atoms with Crippen molar-refractivity contribution in [2.75, 3.05) is 33.0 Å². The van der Waals surface area contributed by atoms with Crippen LogP contribution in [-0.2, 0) is 22.6 Å². The van der Waals surface area contributed by atoms with Gasteiger partial charge in [-0.2, -0.15) is 0 Å². The summed E-state index contributed by atoms with van der Waals surface area (Å²) < 4.78 is 16.1. The van der Waals surface area contributed by atoms with Crippen LogP contribution in [-0.4, -0.2) is 75.0 Å². The molecule has 42 heavy (non-hydrogen) atoms. The molecule has 1 saturated carbocycles. The maximum absolute atomic E-state index is 14.6. The third-order valence-electron chi connectivity index (χ3n) is 7.67. The fraction of sp³-hybridized carbons (Fsp3) is 0.433. The number of nitrogens with zero attached hydrogens (tertiary/aromatic N) is 4. The van der Waals surface area contributed by atoms with Crippen LogP contribution in [0.15, 0.2) is 47.5 Å². The molecule has 3 heterocycles. The molecule has 3 aromatic heterocycles. The Morgan fingerprint density at radius 3 is 2.71 bits per heavy atom. The average Bonchev–Trinajstić information content (AvgIpc) is 3.33. The second-order valence-electron chi connectivity index (χ2n) is 11.1. The predicted molar refractivity (Wildman–Crippen MR) is 157 cm³/mol. The zero-order valence-corrected chi connectivity index (χ0v) is 24.1. The molecule has 0 aliphatic heterocycles. The van der Waals surface area contributed by atoms with E-state index in [4.69, 9.17) is 0 Å². The minimum Gasteiger partial charge on any atom is -0.465 e. The van der Waals surface area contributed by atoms with Crippen molar-refractivity contribution in [3.8, 4) is 0 Å². The lowest BCUT2D eigenvalue weighted by Gasteiger charge is -2.25. The first-order chi connectivity index (χ1) is 20.0. The fourth-order valence-corrected chi connectivity index (χ4v) is 4.94. The van der Waals surface area contributed by atoms with Gasteiger partial charge in [0.2, 0.25) is 11.8 Å². The first-order valence-electron chi connectivity index (χ1n) is 14.0. The van der Waals surface area contributed by atoms with Gasteiger partial charge in [-0.05, 0) is 49.5 Å². The number of amides is 3. The Hall–Kier alpha value is -4.48. The van der Waals surface area contributed by atoms with Crippen molar-refractivity contribution in [1.29, 1.82) is 0 Å². The van der Waals surface area contributed by atoms with E-state index < -0.39 is 23.5 Å². The fourth-order valence-electron chi connectivity index (χ4n) is 4.94. The molecule has 0 spiro atoms. The number of H-pyrrole nitrogens is 1. The summed E-state index contributed by atoms with van der Waals surface area (Å²) in [5.74, 6) is -1.34. The highest BCUT2D eigenvalue weighted by Crippen LogP contribution is 2.32. The molecular formula is C30H37FN6O5. The maximum Gasteiger partial charge on any atom is 0.407 e. The zero-order chi connectivity index (χ0) is 30.4. The number of pyridine rings is 2. The lowest BCUT2D eigenvalue weighted by molar-refractivity contribution is -0.123. The number of likely N-dealkylation sites (N-methyl/N-ethyl adjacent to an activating group) is 1. The Labute approximate surface area is 243 Å². The summed E-state index contributed by atoms with van der Waals surface area (Å²) in [5, 5.41) is 12.0. The molecule has 4 rings (SSSR count). The van der Waals surface area contributed by atoms with Crippen LogP contribution in [0, 0.1) is 17.7 Å². The third-order valence-corrected chi connectivity index (χ3v) is 7.67. The first kappa shape index (κ1) is 30.5. The summed E-state index contributed by atoms with van der Waals surface area (Å²) in [5.41, 5.74) is 2.16. The molecule has 0 aromatic carbocycles. The highest BCUT2D eigenvalue weighted by molar-refractivity contribution is 5.92. The van der Waals surface area contributed by atoms with E-state index in [-0.39, 0.29) is 36.9 Å². The molecule has 0 radical (unpaired) electrons. The van der Waals surface area contributed by atoms with E-state index in [0.29, 0.717) is 41.1 Å². The number of rotatable bonds is 12. The largest absolute Gasteiger partial charge is 0.465 e. The number of fused-ring (bicyclic) bond motifs is 1. The van der Waals surface area contributed by atoms with Gasteiger partial charge in [0.25, 0.3) is 5.56 Å². The number of nitrogens with one attached hydrogen (secondary N) is 2. The molecule has 0 bridgehead atoms. The quantitative estimate of drug-likeness (QED) is 0.278. The van der Waals surface area contributed by atoms with Gasteiger partial charge >= 0.3 is 6.09 Å². The van der Waals surface area contributed by atoms with E-state index in [1.165, 1.54) is 34.9 Å². The van der Waals surface area contributed by atoms with Gasteiger partial charge in [0.15, 0.2) is 0 Å². The van der Waals surface area contributed by atoms with Crippen molar-refractivity contribution >= 4 is 34.6 Å². The van der Waals surface area contributed by atoms with Crippen LogP contribution in [0.2, 0.25) is 0 Å². The maximum atomic E-state index is 14.6. The van der Waals surface area contributed by atoms with Gasteiger partial charge in [0.1, 0.15) is 11.5 Å². The molecule has 0 saturated heterocycles. The monoisotopic (exact) mass is 580 g/mol. The summed E-state index contributed by atoms with van der Waals surface area (Å²) in [6.45, 7) is 0.0682. The number of carboxylic acid groups (broad SMARTS) is 1. The number of allylic oxidation sites excluding steroid dienone is 1. The summed E-state index contributed by atoms with van der Waals surface area (Å²) in [4.78, 5) is 59.6. The van der Waals surface area contributed by atoms with Crippen molar-refractivity contribution in [2.24, 2.45) is 11.8 Å². The molecule has 0 unspecified atom stereocenters. The molecule has 1 aliphatic carbocycles. The number of carbonyl (C=O) groups excluding carboxylic acids is 2. The minimum atomic E-state index is -1.18. The Morgan fingerprint density at radius 2 is 2.05 bits per heavy atom. The summed E-state index contributed by atoms with van der Waals surface area (Å²) in [7, 11) is 4.61. The smallest absolute Gasteiger partial charge is 0.407 e. The van der Waals surface area contributed by atoms with Gasteiger partial charge in [-0.3, -0.25) is 19.4 Å². The van der Waals surface area contributed by atoms with Gasteiger partial charge in [-0.25, -0.2) is 9.18 Å². The van der Waals surface area contributed by atoms with E-state index in [2.05, 4.69) is 15.3 Å². The van der Waals surface area contributed by atoms with E-state index >= 15 is 0 Å². The molecule has 224 valence electrons. The Balaban J connectivity index is 1.49. The van der Waals surface area contributed by atoms with Gasteiger partial charge in [0.05, 0.1) is 29.7 Å². The van der Waals surface area contributed by atoms with E-state index in [9.17, 15) is 28.7 Å². The van der Waals surface area contributed by atoms with Gasteiger partial charge in [-0.15, -0.1) is 0 Å². The molecule has 11 nitrogen and oxygen atoms in total. The lowest BCUT2D eigenvalue weighted by Crippen LogP contribution is -2.37. The van der Waals surface area contributed by atoms with Crippen molar-refractivity contribution in [1.82, 2.24) is 24.3 Å². The van der Waals surface area contributed by atoms with E-state index in [0.717, 1.165) is 24.2 Å². The van der Waals surface area contributed by atoms with Crippen molar-refractivity contribution in [3.63, 3.8) is 0 Å². The molecule has 1 aliphatic rings. The SMILES string of the molecule is CN(C)C(=O)/C=C/CC[C@@H](CN(C)C(=O)O)C(=O)Nc1cccn(Cc2cc3ncc(F)c(CC4CCC4)c3[nH]2)c1=O. The highest BCUT2D eigenvalue weighted by atomic mass is 19.1.